The molecule has 5 nitrogen and oxygen atoms in total. The quantitative estimate of drug-likeness (QED) is 0.750. The second-order valence-electron chi connectivity index (χ2n) is 6.27. The average molecular weight is 368 g/mol. The molecule has 0 amide bonds. The Morgan fingerprint density at radius 2 is 2.00 bits per heavy atom. The summed E-state index contributed by atoms with van der Waals surface area (Å²) in [5.41, 5.74) is 5.11. The van der Waals surface area contributed by atoms with E-state index < -0.39 is 6.23 Å². The number of aromatic nitrogens is 1. The molecule has 1 aliphatic rings. The maximum atomic E-state index is 10.7. The minimum absolute atomic E-state index is 0.465. The van der Waals surface area contributed by atoms with Crippen molar-refractivity contribution in [3.8, 4) is 22.8 Å². The summed E-state index contributed by atoms with van der Waals surface area (Å²) in [6, 6.07) is 10.1. The number of hydrogen-bond donors (Lipinski definition) is 1. The van der Waals surface area contributed by atoms with E-state index in [1.807, 2.05) is 23.1 Å². The van der Waals surface area contributed by atoms with E-state index in [9.17, 15) is 5.11 Å². The van der Waals surface area contributed by atoms with E-state index in [0.717, 1.165) is 27.9 Å². The van der Waals surface area contributed by atoms with Crippen LogP contribution in [0.15, 0.2) is 41.9 Å². The van der Waals surface area contributed by atoms with Gasteiger partial charge in [-0.2, -0.15) is 0 Å². The van der Waals surface area contributed by atoms with E-state index in [1.165, 1.54) is 4.88 Å². The summed E-state index contributed by atoms with van der Waals surface area (Å²) in [5.74, 6) is 1.06. The van der Waals surface area contributed by atoms with Gasteiger partial charge in [0.1, 0.15) is 0 Å². The highest BCUT2D eigenvalue weighted by molar-refractivity contribution is 7.10. The molecule has 4 rings (SSSR count). The van der Waals surface area contributed by atoms with Crippen LogP contribution in [0.5, 0.6) is 11.6 Å². The molecular weight excluding hydrogens is 348 g/mol. The predicted molar refractivity (Wildman–Crippen MR) is 103 cm³/mol. The lowest BCUT2D eigenvalue weighted by molar-refractivity contribution is 0.182. The van der Waals surface area contributed by atoms with Crippen LogP contribution in [0, 0.1) is 6.92 Å². The molecule has 1 N–H and O–H groups in total. The summed E-state index contributed by atoms with van der Waals surface area (Å²) in [6.45, 7) is 2.76. The third-order valence-corrected chi connectivity index (χ3v) is 5.52. The highest BCUT2D eigenvalue weighted by atomic mass is 32.1. The Labute approximate surface area is 156 Å². The van der Waals surface area contributed by atoms with Crippen molar-refractivity contribution in [1.29, 1.82) is 0 Å². The first kappa shape index (κ1) is 16.9. The molecule has 0 spiro atoms. The number of fused-ring (bicyclic) bond motifs is 1. The van der Waals surface area contributed by atoms with Gasteiger partial charge in [-0.25, -0.2) is 4.98 Å². The van der Waals surface area contributed by atoms with E-state index in [4.69, 9.17) is 9.47 Å². The molecule has 1 aliphatic heterocycles. The Balaban J connectivity index is 1.67. The number of benzene rings is 1. The number of thiophene rings is 1. The highest BCUT2D eigenvalue weighted by Crippen LogP contribution is 2.39. The van der Waals surface area contributed by atoms with E-state index >= 15 is 0 Å². The molecule has 0 saturated carbocycles. The number of ether oxygens (including phenoxy) is 2. The number of methoxy groups -OCH3 is 2. The molecule has 26 heavy (non-hydrogen) atoms. The van der Waals surface area contributed by atoms with Crippen molar-refractivity contribution in [2.24, 2.45) is 0 Å². The van der Waals surface area contributed by atoms with Crippen molar-refractivity contribution in [3.05, 3.63) is 57.9 Å². The number of pyridine rings is 1. The molecule has 134 valence electrons. The molecule has 1 atom stereocenters. The maximum Gasteiger partial charge on any atom is 0.256 e. The zero-order valence-corrected chi connectivity index (χ0v) is 15.7. The van der Waals surface area contributed by atoms with Crippen LogP contribution in [-0.4, -0.2) is 24.3 Å². The lowest BCUT2D eigenvalue weighted by Crippen LogP contribution is -2.20. The molecule has 1 aromatic carbocycles. The van der Waals surface area contributed by atoms with E-state index in [1.54, 1.807) is 31.8 Å². The lowest BCUT2D eigenvalue weighted by Gasteiger charge is -2.21. The van der Waals surface area contributed by atoms with Gasteiger partial charge in [-0.15, -0.1) is 11.3 Å². The van der Waals surface area contributed by atoms with E-state index in [2.05, 4.69) is 29.4 Å². The number of anilines is 1. The van der Waals surface area contributed by atoms with Crippen LogP contribution < -0.4 is 14.4 Å². The zero-order valence-electron chi connectivity index (χ0n) is 14.9. The maximum absolute atomic E-state index is 10.7. The molecule has 0 aliphatic carbocycles. The summed E-state index contributed by atoms with van der Waals surface area (Å²) in [4.78, 5) is 7.57. The van der Waals surface area contributed by atoms with Crippen LogP contribution in [0.1, 0.15) is 22.2 Å². The standard InChI is InChI=1S/C20H20N2O3S/c1-12-6-16(11-26-12)22-10-15-7-13(4-5-17(15)20(22)23)14-8-18(24-2)19(25-3)21-9-14/h4-9,11,20,23H,10H2,1-3H3. The molecule has 0 radical (unpaired) electrons. The largest absolute Gasteiger partial charge is 0.491 e. The minimum atomic E-state index is -0.614. The normalized spacial score (nSPS) is 15.8. The lowest BCUT2D eigenvalue weighted by atomic mass is 10.0. The second kappa shape index (κ2) is 6.63. The second-order valence-corrected chi connectivity index (χ2v) is 7.38. The van der Waals surface area contributed by atoms with Gasteiger partial charge in [-0.3, -0.25) is 0 Å². The third-order valence-electron chi connectivity index (χ3n) is 4.67. The van der Waals surface area contributed by atoms with Crippen LogP contribution in [0.3, 0.4) is 0 Å². The molecular formula is C20H20N2O3S. The molecule has 1 unspecified atom stereocenters. The Hall–Kier alpha value is -2.57. The van der Waals surface area contributed by atoms with Crippen molar-refractivity contribution in [2.75, 3.05) is 19.1 Å². The van der Waals surface area contributed by atoms with Gasteiger partial charge in [0.25, 0.3) is 5.88 Å². The first-order valence-electron chi connectivity index (χ1n) is 8.31. The van der Waals surface area contributed by atoms with Crippen molar-refractivity contribution in [1.82, 2.24) is 4.98 Å². The van der Waals surface area contributed by atoms with Gasteiger partial charge >= 0.3 is 0 Å². The Morgan fingerprint density at radius 1 is 1.15 bits per heavy atom. The fraction of sp³-hybridized carbons (Fsp3) is 0.250. The van der Waals surface area contributed by atoms with Crippen molar-refractivity contribution >= 4 is 17.0 Å². The van der Waals surface area contributed by atoms with Crippen LogP contribution in [-0.2, 0) is 6.54 Å². The first-order chi connectivity index (χ1) is 12.6. The fourth-order valence-electron chi connectivity index (χ4n) is 3.31. The van der Waals surface area contributed by atoms with Gasteiger partial charge in [-0.1, -0.05) is 12.1 Å². The molecule has 2 aromatic heterocycles. The van der Waals surface area contributed by atoms with Gasteiger partial charge < -0.3 is 19.5 Å². The summed E-state index contributed by atoms with van der Waals surface area (Å²) in [7, 11) is 3.17. The van der Waals surface area contributed by atoms with Crippen LogP contribution in [0.2, 0.25) is 0 Å². The smallest absolute Gasteiger partial charge is 0.256 e. The van der Waals surface area contributed by atoms with Crippen LogP contribution in [0.25, 0.3) is 11.1 Å². The highest BCUT2D eigenvalue weighted by Gasteiger charge is 2.29. The van der Waals surface area contributed by atoms with Crippen molar-refractivity contribution < 1.29 is 14.6 Å². The first-order valence-corrected chi connectivity index (χ1v) is 9.19. The molecule has 3 heterocycles. The topological polar surface area (TPSA) is 54.8 Å². The number of rotatable bonds is 4. The van der Waals surface area contributed by atoms with Gasteiger partial charge in [0, 0.05) is 34.1 Å². The molecule has 0 bridgehead atoms. The minimum Gasteiger partial charge on any atom is -0.491 e. The van der Waals surface area contributed by atoms with Crippen LogP contribution in [0.4, 0.5) is 5.69 Å². The SMILES string of the molecule is COc1cc(-c2ccc3c(c2)CN(c2csc(C)c2)C3O)cnc1OC. The monoisotopic (exact) mass is 368 g/mol. The fourth-order valence-corrected chi connectivity index (χ4v) is 4.01. The Bertz CT molecular complexity index is 954. The third kappa shape index (κ3) is 2.81. The molecule has 6 heteroatoms. The summed E-state index contributed by atoms with van der Waals surface area (Å²) in [6.07, 6.45) is 1.16. The molecule has 0 saturated heterocycles. The Kier molecular flexibility index (Phi) is 4.30. The summed E-state index contributed by atoms with van der Waals surface area (Å²) in [5, 5.41) is 12.8. The van der Waals surface area contributed by atoms with Crippen LogP contribution >= 0.6 is 11.3 Å². The number of nitrogens with zero attached hydrogens (tertiary/aromatic N) is 2. The van der Waals surface area contributed by atoms with Gasteiger partial charge in [-0.05, 0) is 36.2 Å². The number of aryl methyl sites for hydroxylation is 1. The van der Waals surface area contributed by atoms with Gasteiger partial charge in [0.05, 0.1) is 19.9 Å². The van der Waals surface area contributed by atoms with Gasteiger partial charge in [0.2, 0.25) is 0 Å². The van der Waals surface area contributed by atoms with Crippen molar-refractivity contribution in [3.63, 3.8) is 0 Å². The number of hydrogen-bond acceptors (Lipinski definition) is 6. The predicted octanol–water partition coefficient (Wildman–Crippen LogP) is 4.15. The van der Waals surface area contributed by atoms with Gasteiger partial charge in [0.15, 0.2) is 12.0 Å². The zero-order chi connectivity index (χ0) is 18.3. The summed E-state index contributed by atoms with van der Waals surface area (Å²) >= 11 is 1.69. The Morgan fingerprint density at radius 3 is 2.69 bits per heavy atom. The molecule has 3 aromatic rings. The average Bonchev–Trinajstić information content (AvgIpc) is 3.24. The van der Waals surface area contributed by atoms with E-state index in [-0.39, 0.29) is 0 Å². The van der Waals surface area contributed by atoms with Crippen molar-refractivity contribution in [2.45, 2.75) is 19.7 Å². The molecule has 0 fully saturated rings. The number of aliphatic hydroxyl groups is 1. The summed E-state index contributed by atoms with van der Waals surface area (Å²) < 4.78 is 10.6. The number of aliphatic hydroxyl groups excluding tert-OH is 1. The van der Waals surface area contributed by atoms with E-state index in [0.29, 0.717) is 18.2 Å².